The van der Waals surface area contributed by atoms with Crippen molar-refractivity contribution < 1.29 is 0 Å². The van der Waals surface area contributed by atoms with Gasteiger partial charge in [-0.3, -0.25) is 9.78 Å². The van der Waals surface area contributed by atoms with Crippen LogP contribution in [0.3, 0.4) is 0 Å². The number of H-pyrrole nitrogens is 1. The Bertz CT molecular complexity index is 940. The van der Waals surface area contributed by atoms with Crippen molar-refractivity contribution in [1.82, 2.24) is 15.2 Å². The second-order valence-corrected chi connectivity index (χ2v) is 6.15. The lowest BCUT2D eigenvalue weighted by Gasteiger charge is -2.09. The molecule has 0 aliphatic heterocycles. The van der Waals surface area contributed by atoms with Crippen LogP contribution >= 0.6 is 23.2 Å². The molecule has 0 saturated heterocycles. The van der Waals surface area contributed by atoms with Crippen LogP contribution in [0.15, 0.2) is 47.3 Å². The summed E-state index contributed by atoms with van der Waals surface area (Å²) in [7, 11) is 0. The van der Waals surface area contributed by atoms with Crippen molar-refractivity contribution in [3.05, 3.63) is 79.7 Å². The lowest BCUT2D eigenvalue weighted by atomic mass is 10.1. The Morgan fingerprint density at radius 3 is 2.67 bits per heavy atom. The molecule has 0 aliphatic rings. The van der Waals surface area contributed by atoms with Gasteiger partial charge < -0.3 is 5.32 Å². The fraction of sp³-hybridized carbons (Fsp3) is 0.118. The normalized spacial score (nSPS) is 10.6. The number of nitrogens with zero attached hydrogens (tertiary/aromatic N) is 2. The number of aryl methyl sites for hydroxylation is 1. The van der Waals surface area contributed by atoms with Crippen molar-refractivity contribution in [2.75, 3.05) is 5.32 Å². The standard InChI is InChI=1S/C17H14Cl2N4O/c1-10-6-7-12(18)9-14(10)20-17-21-16(24)15(22-23-17)8-11-4-2-3-5-13(11)19/h2-7,9H,8H2,1H3,(H2,20,21,23,24). The van der Waals surface area contributed by atoms with E-state index in [0.29, 0.717) is 22.2 Å². The minimum atomic E-state index is -0.313. The third-order valence-electron chi connectivity index (χ3n) is 3.53. The second-order valence-electron chi connectivity index (χ2n) is 5.30. The van der Waals surface area contributed by atoms with Gasteiger partial charge >= 0.3 is 0 Å². The molecule has 24 heavy (non-hydrogen) atoms. The number of aromatic amines is 1. The van der Waals surface area contributed by atoms with E-state index in [9.17, 15) is 4.79 Å². The Labute approximate surface area is 148 Å². The van der Waals surface area contributed by atoms with Crippen LogP contribution in [-0.4, -0.2) is 15.2 Å². The smallest absolute Gasteiger partial charge is 0.274 e. The molecular weight excluding hydrogens is 347 g/mol. The second kappa shape index (κ2) is 7.03. The highest BCUT2D eigenvalue weighted by atomic mass is 35.5. The maximum Gasteiger partial charge on any atom is 0.274 e. The summed E-state index contributed by atoms with van der Waals surface area (Å²) in [6, 6.07) is 12.8. The summed E-state index contributed by atoms with van der Waals surface area (Å²) in [6.45, 7) is 1.93. The predicted molar refractivity (Wildman–Crippen MR) is 96.4 cm³/mol. The topological polar surface area (TPSA) is 70.7 Å². The summed E-state index contributed by atoms with van der Waals surface area (Å²) >= 11 is 12.1. The lowest BCUT2D eigenvalue weighted by molar-refractivity contribution is 0.874. The van der Waals surface area contributed by atoms with Crippen LogP contribution < -0.4 is 10.9 Å². The first kappa shape index (κ1) is 16.5. The van der Waals surface area contributed by atoms with E-state index < -0.39 is 0 Å². The minimum absolute atomic E-state index is 0.258. The largest absolute Gasteiger partial charge is 0.324 e. The molecule has 0 spiro atoms. The minimum Gasteiger partial charge on any atom is -0.324 e. The third-order valence-corrected chi connectivity index (χ3v) is 4.14. The number of halogens is 2. The van der Waals surface area contributed by atoms with E-state index in [1.807, 2.05) is 31.2 Å². The zero-order valence-electron chi connectivity index (χ0n) is 12.8. The van der Waals surface area contributed by atoms with Gasteiger partial charge in [-0.15, -0.1) is 10.2 Å². The number of hydrogen-bond acceptors (Lipinski definition) is 4. The van der Waals surface area contributed by atoms with E-state index >= 15 is 0 Å². The molecule has 122 valence electrons. The molecular formula is C17H14Cl2N4O. The van der Waals surface area contributed by atoms with Crippen molar-refractivity contribution in [2.24, 2.45) is 0 Å². The van der Waals surface area contributed by atoms with Crippen molar-refractivity contribution >= 4 is 34.8 Å². The van der Waals surface area contributed by atoms with Gasteiger partial charge in [-0.1, -0.05) is 47.5 Å². The first-order valence-corrected chi connectivity index (χ1v) is 8.01. The summed E-state index contributed by atoms with van der Waals surface area (Å²) in [4.78, 5) is 14.9. The summed E-state index contributed by atoms with van der Waals surface area (Å²) in [5.41, 5.74) is 2.54. The van der Waals surface area contributed by atoms with E-state index in [2.05, 4.69) is 20.5 Å². The maximum atomic E-state index is 12.2. The van der Waals surface area contributed by atoms with Gasteiger partial charge in [-0.05, 0) is 36.2 Å². The molecule has 0 radical (unpaired) electrons. The third kappa shape index (κ3) is 3.75. The van der Waals surface area contributed by atoms with Gasteiger partial charge in [0.2, 0.25) is 5.95 Å². The molecule has 3 aromatic rings. The van der Waals surface area contributed by atoms with Gasteiger partial charge in [0.1, 0.15) is 5.69 Å². The predicted octanol–water partition coefficient (Wildman–Crippen LogP) is 4.11. The molecule has 0 atom stereocenters. The highest BCUT2D eigenvalue weighted by Crippen LogP contribution is 2.22. The first-order chi connectivity index (χ1) is 11.5. The zero-order valence-corrected chi connectivity index (χ0v) is 14.3. The Morgan fingerprint density at radius 1 is 1.12 bits per heavy atom. The summed E-state index contributed by atoms with van der Waals surface area (Å²) in [6.07, 6.45) is 0.318. The molecule has 0 unspecified atom stereocenters. The highest BCUT2D eigenvalue weighted by molar-refractivity contribution is 6.31. The SMILES string of the molecule is Cc1ccc(Cl)cc1Nc1nnc(Cc2ccccc2Cl)c(=O)[nH]1. The molecule has 0 bridgehead atoms. The Kier molecular flexibility index (Phi) is 4.83. The summed E-state index contributed by atoms with van der Waals surface area (Å²) in [5.74, 6) is 0.258. The van der Waals surface area contributed by atoms with Crippen LogP contribution in [-0.2, 0) is 6.42 Å². The Morgan fingerprint density at radius 2 is 1.92 bits per heavy atom. The van der Waals surface area contributed by atoms with Gasteiger partial charge in [0.05, 0.1) is 0 Å². The van der Waals surface area contributed by atoms with Crippen LogP contribution in [0.5, 0.6) is 0 Å². The van der Waals surface area contributed by atoms with Crippen molar-refractivity contribution in [3.63, 3.8) is 0 Å². The van der Waals surface area contributed by atoms with E-state index in [1.165, 1.54) is 0 Å². The summed E-state index contributed by atoms with van der Waals surface area (Å²) < 4.78 is 0. The molecule has 1 heterocycles. The lowest BCUT2D eigenvalue weighted by Crippen LogP contribution is -2.19. The molecule has 0 amide bonds. The molecule has 3 rings (SSSR count). The molecule has 7 heteroatoms. The first-order valence-electron chi connectivity index (χ1n) is 7.25. The van der Waals surface area contributed by atoms with Gasteiger partial charge in [-0.25, -0.2) is 0 Å². The quantitative estimate of drug-likeness (QED) is 0.734. The van der Waals surface area contributed by atoms with E-state index in [4.69, 9.17) is 23.2 Å². The van der Waals surface area contributed by atoms with E-state index in [1.54, 1.807) is 18.2 Å². The number of benzene rings is 2. The molecule has 2 N–H and O–H groups in total. The van der Waals surface area contributed by atoms with Crippen LogP contribution in [0, 0.1) is 6.92 Å². The molecule has 0 aliphatic carbocycles. The van der Waals surface area contributed by atoms with Crippen LogP contribution in [0.2, 0.25) is 10.0 Å². The van der Waals surface area contributed by atoms with E-state index in [0.717, 1.165) is 16.8 Å². The number of aromatic nitrogens is 3. The number of hydrogen-bond donors (Lipinski definition) is 2. The fourth-order valence-corrected chi connectivity index (χ4v) is 2.59. The molecule has 2 aromatic carbocycles. The number of rotatable bonds is 4. The molecule has 0 fully saturated rings. The van der Waals surface area contributed by atoms with Crippen LogP contribution in [0.1, 0.15) is 16.8 Å². The number of nitrogens with one attached hydrogen (secondary N) is 2. The van der Waals surface area contributed by atoms with Crippen molar-refractivity contribution in [3.8, 4) is 0 Å². The van der Waals surface area contributed by atoms with Crippen LogP contribution in [0.4, 0.5) is 11.6 Å². The van der Waals surface area contributed by atoms with Crippen molar-refractivity contribution in [2.45, 2.75) is 13.3 Å². The maximum absolute atomic E-state index is 12.2. The fourth-order valence-electron chi connectivity index (χ4n) is 2.21. The van der Waals surface area contributed by atoms with Gasteiger partial charge in [0, 0.05) is 22.2 Å². The van der Waals surface area contributed by atoms with E-state index in [-0.39, 0.29) is 11.5 Å². The Balaban J connectivity index is 1.84. The molecule has 0 saturated carbocycles. The van der Waals surface area contributed by atoms with Gasteiger partial charge in [0.15, 0.2) is 0 Å². The molecule has 5 nitrogen and oxygen atoms in total. The monoisotopic (exact) mass is 360 g/mol. The average molecular weight is 361 g/mol. The summed E-state index contributed by atoms with van der Waals surface area (Å²) in [5, 5.41) is 12.2. The molecule has 1 aromatic heterocycles. The van der Waals surface area contributed by atoms with Crippen molar-refractivity contribution in [1.29, 1.82) is 0 Å². The highest BCUT2D eigenvalue weighted by Gasteiger charge is 2.09. The average Bonchev–Trinajstić information content (AvgIpc) is 2.55. The zero-order chi connectivity index (χ0) is 17.1. The van der Waals surface area contributed by atoms with Gasteiger partial charge in [-0.2, -0.15) is 0 Å². The van der Waals surface area contributed by atoms with Crippen LogP contribution in [0.25, 0.3) is 0 Å². The number of anilines is 2. The van der Waals surface area contributed by atoms with Gasteiger partial charge in [0.25, 0.3) is 5.56 Å². The Hall–Kier alpha value is -2.37.